The maximum atomic E-state index is 11.3. The van der Waals surface area contributed by atoms with Gasteiger partial charge in [0.2, 0.25) is 5.91 Å². The molecule has 1 aliphatic rings. The van der Waals surface area contributed by atoms with Gasteiger partial charge in [0.05, 0.1) is 6.54 Å². The van der Waals surface area contributed by atoms with Crippen molar-refractivity contribution in [2.45, 2.75) is 45.4 Å². The number of unbranched alkanes of at least 4 members (excludes halogenated alkanes) is 1. The van der Waals surface area contributed by atoms with E-state index >= 15 is 0 Å². The molecule has 1 aliphatic carbocycles. The molecule has 1 rings (SSSR count). The minimum absolute atomic E-state index is 0.119. The Kier molecular flexibility index (Phi) is 6.90. The first-order chi connectivity index (χ1) is 7.83. The number of rotatable bonds is 8. The molecular formula is C13H24N2O. The molecular weight excluding hydrogens is 200 g/mol. The fourth-order valence-corrected chi connectivity index (χ4v) is 1.88. The summed E-state index contributed by atoms with van der Waals surface area (Å²) in [6, 6.07) is 0. The summed E-state index contributed by atoms with van der Waals surface area (Å²) in [4.78, 5) is 11.3. The lowest BCUT2D eigenvalue weighted by atomic mass is 10.2. The zero-order chi connectivity index (χ0) is 11.6. The molecule has 16 heavy (non-hydrogen) atoms. The first kappa shape index (κ1) is 13.2. The quantitative estimate of drug-likeness (QED) is 0.489. The summed E-state index contributed by atoms with van der Waals surface area (Å²) in [5, 5.41) is 6.08. The van der Waals surface area contributed by atoms with E-state index in [1.165, 1.54) is 19.3 Å². The van der Waals surface area contributed by atoms with Crippen LogP contribution in [-0.4, -0.2) is 25.5 Å². The van der Waals surface area contributed by atoms with E-state index in [1.54, 1.807) is 5.57 Å². The lowest BCUT2D eigenvalue weighted by molar-refractivity contribution is -0.120. The standard InChI is InChI=1S/C13H24N2O/c1-2-3-9-15-13(16)11-14-10-8-12-6-4-5-7-12/h6,14H,2-5,7-11H2,1H3,(H,15,16). The van der Waals surface area contributed by atoms with Crippen LogP contribution >= 0.6 is 0 Å². The summed E-state index contributed by atoms with van der Waals surface area (Å²) in [6.45, 7) is 4.31. The smallest absolute Gasteiger partial charge is 0.233 e. The van der Waals surface area contributed by atoms with E-state index in [0.29, 0.717) is 6.54 Å². The lowest BCUT2D eigenvalue weighted by Gasteiger charge is -2.06. The summed E-state index contributed by atoms with van der Waals surface area (Å²) in [7, 11) is 0. The zero-order valence-electron chi connectivity index (χ0n) is 10.3. The molecule has 92 valence electrons. The molecule has 0 aromatic heterocycles. The van der Waals surface area contributed by atoms with Crippen molar-refractivity contribution in [3.8, 4) is 0 Å². The van der Waals surface area contributed by atoms with Gasteiger partial charge >= 0.3 is 0 Å². The normalized spacial score (nSPS) is 14.9. The minimum atomic E-state index is 0.119. The zero-order valence-corrected chi connectivity index (χ0v) is 10.3. The highest BCUT2D eigenvalue weighted by atomic mass is 16.1. The summed E-state index contributed by atoms with van der Waals surface area (Å²) >= 11 is 0. The van der Waals surface area contributed by atoms with Gasteiger partial charge in [-0.15, -0.1) is 0 Å². The van der Waals surface area contributed by atoms with Crippen molar-refractivity contribution < 1.29 is 4.79 Å². The van der Waals surface area contributed by atoms with Crippen LogP contribution in [0.2, 0.25) is 0 Å². The molecule has 0 radical (unpaired) electrons. The average molecular weight is 224 g/mol. The van der Waals surface area contributed by atoms with Gasteiger partial charge in [-0.25, -0.2) is 0 Å². The molecule has 0 aromatic rings. The molecule has 0 aliphatic heterocycles. The van der Waals surface area contributed by atoms with E-state index in [4.69, 9.17) is 0 Å². The number of carbonyl (C=O) groups is 1. The van der Waals surface area contributed by atoms with Crippen LogP contribution in [0.3, 0.4) is 0 Å². The second-order valence-corrected chi connectivity index (χ2v) is 4.38. The van der Waals surface area contributed by atoms with Crippen molar-refractivity contribution >= 4 is 5.91 Å². The fraction of sp³-hybridized carbons (Fsp3) is 0.769. The van der Waals surface area contributed by atoms with Crippen molar-refractivity contribution in [1.29, 1.82) is 0 Å². The number of nitrogens with one attached hydrogen (secondary N) is 2. The van der Waals surface area contributed by atoms with E-state index in [-0.39, 0.29) is 5.91 Å². The predicted octanol–water partition coefficient (Wildman–Crippen LogP) is 1.99. The SMILES string of the molecule is CCCCNC(=O)CNCCC1=CCCC1. The van der Waals surface area contributed by atoms with Crippen molar-refractivity contribution in [1.82, 2.24) is 10.6 Å². The van der Waals surface area contributed by atoms with Crippen LogP contribution < -0.4 is 10.6 Å². The van der Waals surface area contributed by atoms with Gasteiger partial charge in [-0.2, -0.15) is 0 Å². The monoisotopic (exact) mass is 224 g/mol. The number of hydrogen-bond acceptors (Lipinski definition) is 2. The molecule has 2 N–H and O–H groups in total. The number of allylic oxidation sites excluding steroid dienone is 1. The van der Waals surface area contributed by atoms with Crippen molar-refractivity contribution in [3.63, 3.8) is 0 Å². The van der Waals surface area contributed by atoms with Crippen LogP contribution in [0.15, 0.2) is 11.6 Å². The summed E-state index contributed by atoms with van der Waals surface area (Å²) in [6.07, 6.45) is 9.44. The van der Waals surface area contributed by atoms with E-state index in [1.807, 2.05) is 0 Å². The Labute approximate surface area is 98.7 Å². The van der Waals surface area contributed by atoms with Gasteiger partial charge in [-0.3, -0.25) is 4.79 Å². The van der Waals surface area contributed by atoms with Crippen molar-refractivity contribution in [3.05, 3.63) is 11.6 Å². The van der Waals surface area contributed by atoms with Crippen LogP contribution in [0.25, 0.3) is 0 Å². The second-order valence-electron chi connectivity index (χ2n) is 4.38. The van der Waals surface area contributed by atoms with E-state index < -0.39 is 0 Å². The first-order valence-corrected chi connectivity index (χ1v) is 6.48. The third-order valence-corrected chi connectivity index (χ3v) is 2.90. The molecule has 1 amide bonds. The van der Waals surface area contributed by atoms with Gasteiger partial charge in [0.1, 0.15) is 0 Å². The molecule has 0 fully saturated rings. The van der Waals surface area contributed by atoms with Crippen LogP contribution in [-0.2, 0) is 4.79 Å². The number of amides is 1. The highest BCUT2D eigenvalue weighted by molar-refractivity contribution is 5.77. The maximum Gasteiger partial charge on any atom is 0.233 e. The van der Waals surface area contributed by atoms with E-state index in [9.17, 15) is 4.79 Å². The van der Waals surface area contributed by atoms with Gasteiger partial charge in [-0.05, 0) is 38.6 Å². The van der Waals surface area contributed by atoms with Crippen molar-refractivity contribution in [2.75, 3.05) is 19.6 Å². The second kappa shape index (κ2) is 8.34. The molecule has 0 bridgehead atoms. The Bertz CT molecular complexity index is 236. The van der Waals surface area contributed by atoms with Crippen LogP contribution in [0.5, 0.6) is 0 Å². The van der Waals surface area contributed by atoms with Gasteiger partial charge in [0, 0.05) is 6.54 Å². The van der Waals surface area contributed by atoms with Crippen LogP contribution in [0.4, 0.5) is 0 Å². The third-order valence-electron chi connectivity index (χ3n) is 2.90. The van der Waals surface area contributed by atoms with Gasteiger partial charge in [0.25, 0.3) is 0 Å². The molecule has 3 nitrogen and oxygen atoms in total. The fourth-order valence-electron chi connectivity index (χ4n) is 1.88. The summed E-state index contributed by atoms with van der Waals surface area (Å²) in [5.41, 5.74) is 1.55. The predicted molar refractivity (Wildman–Crippen MR) is 67.3 cm³/mol. The van der Waals surface area contributed by atoms with Crippen LogP contribution in [0, 0.1) is 0 Å². The van der Waals surface area contributed by atoms with E-state index in [2.05, 4.69) is 23.6 Å². The Hall–Kier alpha value is -0.830. The first-order valence-electron chi connectivity index (χ1n) is 6.48. The molecule has 0 heterocycles. The number of hydrogen-bond donors (Lipinski definition) is 2. The van der Waals surface area contributed by atoms with Crippen molar-refractivity contribution in [2.24, 2.45) is 0 Å². The Morgan fingerprint density at radius 3 is 3.00 bits per heavy atom. The Balaban J connectivity index is 1.91. The largest absolute Gasteiger partial charge is 0.355 e. The molecule has 3 heteroatoms. The third kappa shape index (κ3) is 5.91. The van der Waals surface area contributed by atoms with Gasteiger partial charge < -0.3 is 10.6 Å². The summed E-state index contributed by atoms with van der Waals surface area (Å²) < 4.78 is 0. The summed E-state index contributed by atoms with van der Waals surface area (Å²) in [5.74, 6) is 0.119. The molecule has 0 spiro atoms. The highest BCUT2D eigenvalue weighted by Gasteiger charge is 2.04. The Morgan fingerprint density at radius 1 is 1.44 bits per heavy atom. The number of carbonyl (C=O) groups excluding carboxylic acids is 1. The molecule has 0 atom stereocenters. The maximum absolute atomic E-state index is 11.3. The minimum Gasteiger partial charge on any atom is -0.355 e. The molecule has 0 aromatic carbocycles. The topological polar surface area (TPSA) is 41.1 Å². The highest BCUT2D eigenvalue weighted by Crippen LogP contribution is 2.19. The van der Waals surface area contributed by atoms with Crippen LogP contribution in [0.1, 0.15) is 45.4 Å². The van der Waals surface area contributed by atoms with Gasteiger partial charge in [-0.1, -0.05) is 25.0 Å². The molecule has 0 saturated carbocycles. The molecule has 0 saturated heterocycles. The van der Waals surface area contributed by atoms with Gasteiger partial charge in [0.15, 0.2) is 0 Å². The lowest BCUT2D eigenvalue weighted by Crippen LogP contribution is -2.34. The van der Waals surface area contributed by atoms with E-state index in [0.717, 1.165) is 32.4 Å². The average Bonchev–Trinajstić information content (AvgIpc) is 2.78. The molecule has 0 unspecified atom stereocenters. The Morgan fingerprint density at radius 2 is 2.31 bits per heavy atom.